The Bertz CT molecular complexity index is 2800. The number of fused-ring (bicyclic) bond motifs is 1. The second-order valence-corrected chi connectivity index (χ2v) is 17.0. The second-order valence-electron chi connectivity index (χ2n) is 17.0. The minimum absolute atomic E-state index is 0.408. The molecule has 1 heterocycles. The van der Waals surface area contributed by atoms with Gasteiger partial charge in [-0.15, -0.1) is 0 Å². The molecule has 4 aliphatic carbocycles. The summed E-state index contributed by atoms with van der Waals surface area (Å²) < 4.78 is 0. The van der Waals surface area contributed by atoms with Gasteiger partial charge in [-0.3, -0.25) is 0 Å². The van der Waals surface area contributed by atoms with E-state index in [4.69, 9.17) is 21.5 Å². The maximum absolute atomic E-state index is 7.31. The Morgan fingerprint density at radius 2 is 0.897 bits per heavy atom. The molecule has 8 aromatic rings. The Balaban J connectivity index is 0.951. The molecular formula is C54H42N4. The Labute approximate surface area is 340 Å². The van der Waals surface area contributed by atoms with Gasteiger partial charge in [0.1, 0.15) is 0 Å². The first-order valence-corrected chi connectivity index (χ1v) is 20.7. The molecule has 0 radical (unpaired) electrons. The fourth-order valence-electron chi connectivity index (χ4n) is 10.9. The first-order valence-electron chi connectivity index (χ1n) is 20.7. The molecule has 7 aromatic carbocycles. The van der Waals surface area contributed by atoms with E-state index in [0.717, 1.165) is 61.9 Å². The highest BCUT2D eigenvalue weighted by Gasteiger charge is 2.51. The largest absolute Gasteiger partial charge is 0.238 e. The Kier molecular flexibility index (Phi) is 8.36. The van der Waals surface area contributed by atoms with Gasteiger partial charge in [0.15, 0.2) is 23.2 Å². The molecule has 4 nitrogen and oxygen atoms in total. The van der Waals surface area contributed by atoms with E-state index in [9.17, 15) is 0 Å². The Hall–Kier alpha value is -6.70. The lowest BCUT2D eigenvalue weighted by Gasteiger charge is -2.57. The molecular weight excluding hydrogens is 705 g/mol. The van der Waals surface area contributed by atoms with Crippen molar-refractivity contribution in [3.05, 3.63) is 181 Å². The van der Waals surface area contributed by atoms with Crippen molar-refractivity contribution in [3.63, 3.8) is 0 Å². The van der Waals surface area contributed by atoms with Gasteiger partial charge in [0.25, 0.3) is 0 Å². The van der Waals surface area contributed by atoms with Crippen LogP contribution in [0.2, 0.25) is 0 Å². The molecule has 58 heavy (non-hydrogen) atoms. The predicted octanol–water partition coefficient (Wildman–Crippen LogP) is 14.0. The van der Waals surface area contributed by atoms with Crippen LogP contribution < -0.4 is 0 Å². The van der Waals surface area contributed by atoms with Gasteiger partial charge in [-0.1, -0.05) is 158 Å². The second kappa shape index (κ2) is 14.0. The van der Waals surface area contributed by atoms with Gasteiger partial charge < -0.3 is 0 Å². The summed E-state index contributed by atoms with van der Waals surface area (Å²) in [7, 11) is 0. The molecule has 278 valence electrons. The SMILES string of the molecule is [C-]#[N+]c1ccc(-c2ccc(-c3nc(-c4ccc(-c5ccccc5)cc4)nc(-c4cccc5cc(-c6ccc(C78CC9CC(CC(C9)C7)C8)cc6)ccc45)n3)cc2)cc1. The van der Waals surface area contributed by atoms with Crippen molar-refractivity contribution in [1.82, 2.24) is 15.0 Å². The van der Waals surface area contributed by atoms with Crippen molar-refractivity contribution in [1.29, 1.82) is 0 Å². The number of nitrogens with zero attached hydrogens (tertiary/aromatic N) is 4. The first kappa shape index (κ1) is 34.5. The van der Waals surface area contributed by atoms with Crippen LogP contribution in [0.25, 0.3) is 83.2 Å². The molecule has 4 saturated carbocycles. The van der Waals surface area contributed by atoms with Crippen molar-refractivity contribution in [2.75, 3.05) is 0 Å². The van der Waals surface area contributed by atoms with Crippen LogP contribution in [0.5, 0.6) is 0 Å². The van der Waals surface area contributed by atoms with E-state index in [1.54, 1.807) is 5.56 Å². The summed E-state index contributed by atoms with van der Waals surface area (Å²) in [5.41, 5.74) is 12.3. The molecule has 0 unspecified atom stereocenters. The quantitative estimate of drug-likeness (QED) is 0.153. The fourth-order valence-corrected chi connectivity index (χ4v) is 10.9. The molecule has 12 rings (SSSR count). The lowest BCUT2D eigenvalue weighted by Crippen LogP contribution is -2.48. The normalized spacial score (nSPS) is 20.6. The summed E-state index contributed by atoms with van der Waals surface area (Å²) >= 11 is 0. The number of rotatable bonds is 7. The molecule has 0 N–H and O–H groups in total. The van der Waals surface area contributed by atoms with Crippen LogP contribution in [0.4, 0.5) is 5.69 Å². The van der Waals surface area contributed by atoms with E-state index in [1.165, 1.54) is 55.2 Å². The van der Waals surface area contributed by atoms with Crippen molar-refractivity contribution in [3.8, 4) is 67.5 Å². The third-order valence-electron chi connectivity index (χ3n) is 13.3. The number of benzene rings is 7. The average Bonchev–Trinajstić information content (AvgIpc) is 3.28. The molecule has 0 amide bonds. The van der Waals surface area contributed by atoms with Crippen molar-refractivity contribution < 1.29 is 0 Å². The van der Waals surface area contributed by atoms with Crippen LogP contribution in [0.1, 0.15) is 44.1 Å². The molecule has 4 aliphatic rings. The molecule has 4 fully saturated rings. The van der Waals surface area contributed by atoms with E-state index in [1.807, 2.05) is 30.3 Å². The maximum atomic E-state index is 7.31. The topological polar surface area (TPSA) is 43.0 Å². The van der Waals surface area contributed by atoms with E-state index in [0.29, 0.717) is 28.6 Å². The van der Waals surface area contributed by atoms with Crippen molar-refractivity contribution >= 4 is 16.5 Å². The molecule has 4 heteroatoms. The third kappa shape index (κ3) is 6.28. The highest BCUT2D eigenvalue weighted by Crippen LogP contribution is 2.60. The Morgan fingerprint density at radius 3 is 1.47 bits per heavy atom. The Morgan fingerprint density at radius 1 is 0.431 bits per heavy atom. The minimum atomic E-state index is 0.408. The first-order chi connectivity index (χ1) is 28.6. The summed E-state index contributed by atoms with van der Waals surface area (Å²) in [6.07, 6.45) is 8.59. The maximum Gasteiger partial charge on any atom is 0.187 e. The average molecular weight is 747 g/mol. The van der Waals surface area contributed by atoms with Gasteiger partial charge >= 0.3 is 0 Å². The highest BCUT2D eigenvalue weighted by atomic mass is 15.0. The number of hydrogen-bond donors (Lipinski definition) is 0. The van der Waals surface area contributed by atoms with Gasteiger partial charge in [-0.2, -0.15) is 0 Å². The van der Waals surface area contributed by atoms with Crippen LogP contribution in [-0.2, 0) is 5.41 Å². The zero-order chi connectivity index (χ0) is 38.6. The third-order valence-corrected chi connectivity index (χ3v) is 13.3. The van der Waals surface area contributed by atoms with Crippen LogP contribution >= 0.6 is 0 Å². The van der Waals surface area contributed by atoms with E-state index in [-0.39, 0.29) is 0 Å². The predicted molar refractivity (Wildman–Crippen MR) is 236 cm³/mol. The summed E-state index contributed by atoms with van der Waals surface area (Å²) in [5.74, 6) is 4.72. The van der Waals surface area contributed by atoms with Crippen molar-refractivity contribution in [2.45, 2.75) is 43.9 Å². The summed E-state index contributed by atoms with van der Waals surface area (Å²) in [6.45, 7) is 7.31. The van der Waals surface area contributed by atoms with Gasteiger partial charge in [0.2, 0.25) is 0 Å². The monoisotopic (exact) mass is 746 g/mol. The van der Waals surface area contributed by atoms with Crippen LogP contribution in [0, 0.1) is 24.3 Å². The zero-order valence-corrected chi connectivity index (χ0v) is 32.4. The van der Waals surface area contributed by atoms with E-state index in [2.05, 4.69) is 138 Å². The van der Waals surface area contributed by atoms with Crippen molar-refractivity contribution in [2.24, 2.45) is 17.8 Å². The fraction of sp³-hybridized carbons (Fsp3) is 0.185. The van der Waals surface area contributed by atoms with Crippen LogP contribution in [-0.4, -0.2) is 15.0 Å². The molecule has 0 saturated heterocycles. The van der Waals surface area contributed by atoms with E-state index < -0.39 is 0 Å². The van der Waals surface area contributed by atoms with Gasteiger partial charge in [-0.05, 0) is 117 Å². The highest BCUT2D eigenvalue weighted by molar-refractivity contribution is 5.97. The lowest BCUT2D eigenvalue weighted by molar-refractivity contribution is -0.00518. The standard InChI is InChI=1S/C54H42N4/c1-55-48-25-20-41(21-26-48)40-12-16-44(17-13-40)52-56-51(43-14-10-39(11-15-43)38-6-3-2-4-7-38)57-53(58-52)50-9-5-8-46-31-45(22-27-49(46)50)42-18-23-47(24-19-42)54-32-35-28-36(33-54)30-37(29-35)34-54/h2-27,31,35-37H,28-30,32-34H2. The summed E-state index contributed by atoms with van der Waals surface area (Å²) in [5, 5.41) is 2.27. The number of hydrogen-bond acceptors (Lipinski definition) is 3. The molecule has 1 aromatic heterocycles. The van der Waals surface area contributed by atoms with E-state index >= 15 is 0 Å². The molecule has 0 atom stereocenters. The van der Waals surface area contributed by atoms with Gasteiger partial charge in [-0.25, -0.2) is 19.8 Å². The number of aromatic nitrogens is 3. The van der Waals surface area contributed by atoms with Gasteiger partial charge in [0, 0.05) is 16.7 Å². The summed E-state index contributed by atoms with van der Waals surface area (Å²) in [6, 6.07) is 57.8. The summed E-state index contributed by atoms with van der Waals surface area (Å²) in [4.78, 5) is 18.9. The molecule has 0 spiro atoms. The smallest absolute Gasteiger partial charge is 0.187 e. The minimum Gasteiger partial charge on any atom is -0.238 e. The lowest BCUT2D eigenvalue weighted by atomic mass is 9.48. The zero-order valence-electron chi connectivity index (χ0n) is 32.4. The van der Waals surface area contributed by atoms with Crippen LogP contribution in [0.15, 0.2) is 164 Å². The van der Waals surface area contributed by atoms with Gasteiger partial charge in [0.05, 0.1) is 6.57 Å². The van der Waals surface area contributed by atoms with Crippen LogP contribution in [0.3, 0.4) is 0 Å². The molecule has 0 aliphatic heterocycles. The molecule has 4 bridgehead atoms.